The Morgan fingerprint density at radius 2 is 1.22 bits per heavy atom. The molecule has 73 heavy (non-hydrogen) atoms. The fourth-order valence-corrected chi connectivity index (χ4v) is 7.18. The molecule has 402 valence electrons. The molecule has 1 heterocycles. The lowest BCUT2D eigenvalue weighted by Gasteiger charge is -2.30. The highest BCUT2D eigenvalue weighted by Crippen LogP contribution is 2.21. The van der Waals surface area contributed by atoms with Crippen LogP contribution in [0, 0.1) is 5.92 Å². The highest BCUT2D eigenvalue weighted by atomic mass is 16.4. The molecule has 0 saturated carbocycles. The maximum Gasteiger partial charge on any atom is 0.326 e. The summed E-state index contributed by atoms with van der Waals surface area (Å²) < 4.78 is 0. The van der Waals surface area contributed by atoms with Crippen LogP contribution in [-0.2, 0) is 68.7 Å². The second kappa shape index (κ2) is 29.7. The standard InChI is InChI=1S/C43H63N13O17/c1-20(2)34(55-35(65)22(44)15-31(59)60)40(70)51-23(10-6-12-48-43(46)47)37(67)52-24(16-29(45)57)36(66)49-19-30(58)50-25(17-32(61)62)38(68)53-26(14-21-8-4-3-5-9-21)41(71)56-13-7-11-28(56)39(69)54-27(42(72)73)18-33(63)64/h3-5,8-9,20,22-28,34H,6-7,10-19,44H2,1-2H3,(H2,45,57)(H,49,66)(H,50,58)(H,51,70)(H,52,67)(H,53,68)(H,54,69)(H,55,65)(H,59,60)(H,61,62)(H,63,64)(H,72,73)(H4,46,47,48)/t22-,23-,24-,25-,26-,27-,28-,34-/m0/s1. The van der Waals surface area contributed by atoms with Crippen LogP contribution in [-0.4, -0.2) is 176 Å². The quantitative estimate of drug-likeness (QED) is 0.0187. The number of carbonyl (C=O) groups is 13. The van der Waals surface area contributed by atoms with Gasteiger partial charge in [-0.25, -0.2) is 4.79 Å². The Bertz CT molecular complexity index is 2240. The van der Waals surface area contributed by atoms with Crippen LogP contribution < -0.4 is 60.2 Å². The van der Waals surface area contributed by atoms with E-state index in [9.17, 15) is 72.5 Å². The van der Waals surface area contributed by atoms with E-state index in [1.807, 2.05) is 0 Å². The number of carbonyl (C=O) groups excluding carboxylic acids is 9. The topological polar surface area (TPSA) is 507 Å². The molecule has 1 aromatic rings. The number of benzene rings is 1. The monoisotopic (exact) mass is 1030 g/mol. The van der Waals surface area contributed by atoms with E-state index < -0.39 is 164 Å². The van der Waals surface area contributed by atoms with Gasteiger partial charge < -0.3 is 85.5 Å². The zero-order valence-electron chi connectivity index (χ0n) is 39.9. The largest absolute Gasteiger partial charge is 0.481 e. The number of hydrogen-bond donors (Lipinski definition) is 15. The van der Waals surface area contributed by atoms with E-state index >= 15 is 0 Å². The van der Waals surface area contributed by atoms with Crippen molar-refractivity contribution in [3.8, 4) is 0 Å². The molecule has 0 aromatic heterocycles. The highest BCUT2D eigenvalue weighted by molar-refractivity contribution is 5.99. The number of rotatable bonds is 31. The summed E-state index contributed by atoms with van der Waals surface area (Å²) in [6.07, 6.45) is -3.80. The number of carboxylic acids is 4. The van der Waals surface area contributed by atoms with E-state index in [1.54, 1.807) is 30.3 Å². The van der Waals surface area contributed by atoms with Crippen LogP contribution in [0.5, 0.6) is 0 Å². The number of nitrogens with one attached hydrogen (secondary N) is 7. The Kier molecular flexibility index (Phi) is 24.7. The Morgan fingerprint density at radius 3 is 1.78 bits per heavy atom. The lowest BCUT2D eigenvalue weighted by molar-refractivity contribution is -0.148. The second-order valence-electron chi connectivity index (χ2n) is 17.0. The summed E-state index contributed by atoms with van der Waals surface area (Å²) in [4.78, 5) is 170. The molecular weight excluding hydrogens is 971 g/mol. The van der Waals surface area contributed by atoms with Crippen LogP contribution in [0.15, 0.2) is 35.3 Å². The van der Waals surface area contributed by atoms with Gasteiger partial charge in [0.05, 0.1) is 38.3 Å². The first kappa shape index (κ1) is 60.7. The minimum absolute atomic E-state index is 0.0303. The minimum atomic E-state index is -1.92. The zero-order valence-corrected chi connectivity index (χ0v) is 39.9. The van der Waals surface area contributed by atoms with Crippen molar-refractivity contribution in [3.63, 3.8) is 0 Å². The van der Waals surface area contributed by atoms with Gasteiger partial charge in [-0.3, -0.25) is 62.5 Å². The number of amides is 9. The van der Waals surface area contributed by atoms with Gasteiger partial charge in [0, 0.05) is 19.5 Å². The van der Waals surface area contributed by atoms with Crippen LogP contribution in [0.4, 0.5) is 0 Å². The van der Waals surface area contributed by atoms with Gasteiger partial charge in [0.15, 0.2) is 5.96 Å². The molecule has 19 N–H and O–H groups in total. The summed E-state index contributed by atoms with van der Waals surface area (Å²) in [7, 11) is 0. The number of aliphatic carboxylic acids is 4. The van der Waals surface area contributed by atoms with Crippen molar-refractivity contribution in [1.82, 2.24) is 42.1 Å². The van der Waals surface area contributed by atoms with Crippen molar-refractivity contribution in [2.45, 2.75) is 120 Å². The molecule has 2 rings (SSSR count). The average Bonchev–Trinajstić information content (AvgIpc) is 3.79. The fourth-order valence-electron chi connectivity index (χ4n) is 7.18. The molecule has 1 saturated heterocycles. The molecule has 9 amide bonds. The number of likely N-dealkylation sites (tertiary alicyclic amines) is 1. The maximum absolute atomic E-state index is 14.1. The first-order valence-electron chi connectivity index (χ1n) is 22.6. The van der Waals surface area contributed by atoms with Gasteiger partial charge in [0.2, 0.25) is 53.2 Å². The summed E-state index contributed by atoms with van der Waals surface area (Å²) in [5.41, 5.74) is 22.2. The molecule has 1 aliphatic rings. The van der Waals surface area contributed by atoms with E-state index in [1.165, 1.54) is 13.8 Å². The Hall–Kier alpha value is -8.44. The summed E-state index contributed by atoms with van der Waals surface area (Å²) >= 11 is 0. The van der Waals surface area contributed by atoms with Crippen LogP contribution in [0.2, 0.25) is 0 Å². The summed E-state index contributed by atoms with van der Waals surface area (Å²) in [5.74, 6) is -16.7. The molecule has 1 fully saturated rings. The maximum atomic E-state index is 14.1. The van der Waals surface area contributed by atoms with Crippen molar-refractivity contribution >= 4 is 83.0 Å². The van der Waals surface area contributed by atoms with E-state index in [0.717, 1.165) is 4.90 Å². The van der Waals surface area contributed by atoms with Gasteiger partial charge in [0.25, 0.3) is 0 Å². The number of hydrogen-bond acceptors (Lipinski definition) is 15. The molecule has 0 spiro atoms. The smallest absolute Gasteiger partial charge is 0.326 e. The number of guanidine groups is 1. The number of nitrogens with zero attached hydrogens (tertiary/aromatic N) is 2. The summed E-state index contributed by atoms with van der Waals surface area (Å²) in [6.45, 7) is 1.93. The normalized spacial score (nSPS) is 15.8. The molecular formula is C43H63N13O17. The molecule has 1 aromatic carbocycles. The van der Waals surface area contributed by atoms with Crippen LogP contribution >= 0.6 is 0 Å². The number of primary amides is 1. The second-order valence-corrected chi connectivity index (χ2v) is 17.0. The van der Waals surface area contributed by atoms with Gasteiger partial charge >= 0.3 is 23.9 Å². The third-order valence-corrected chi connectivity index (χ3v) is 10.8. The fraction of sp³-hybridized carbons (Fsp3) is 0.535. The van der Waals surface area contributed by atoms with E-state index in [-0.39, 0.29) is 51.2 Å². The predicted octanol–water partition coefficient (Wildman–Crippen LogP) is -6.33. The van der Waals surface area contributed by atoms with E-state index in [4.69, 9.17) is 33.1 Å². The Labute approximate surface area is 416 Å². The van der Waals surface area contributed by atoms with Crippen molar-refractivity contribution < 1.29 is 82.8 Å². The number of aliphatic imine (C=N–C) groups is 1. The first-order valence-corrected chi connectivity index (χ1v) is 22.6. The third kappa shape index (κ3) is 21.6. The van der Waals surface area contributed by atoms with Crippen molar-refractivity contribution in [2.75, 3.05) is 19.6 Å². The van der Waals surface area contributed by atoms with Crippen molar-refractivity contribution in [2.24, 2.45) is 33.8 Å². The molecule has 30 heteroatoms. The predicted molar refractivity (Wildman–Crippen MR) is 250 cm³/mol. The molecule has 30 nitrogen and oxygen atoms in total. The van der Waals surface area contributed by atoms with Gasteiger partial charge in [-0.15, -0.1) is 0 Å². The van der Waals surface area contributed by atoms with Crippen LogP contribution in [0.3, 0.4) is 0 Å². The van der Waals surface area contributed by atoms with Crippen LogP contribution in [0.1, 0.15) is 70.8 Å². The van der Waals surface area contributed by atoms with Crippen molar-refractivity contribution in [3.05, 3.63) is 35.9 Å². The molecule has 0 aliphatic carbocycles. The molecule has 1 aliphatic heterocycles. The third-order valence-electron chi connectivity index (χ3n) is 10.8. The first-order chi connectivity index (χ1) is 34.2. The Balaban J connectivity index is 2.31. The van der Waals surface area contributed by atoms with Gasteiger partial charge in [-0.1, -0.05) is 44.2 Å². The Morgan fingerprint density at radius 1 is 0.658 bits per heavy atom. The van der Waals surface area contributed by atoms with Gasteiger partial charge in [0.1, 0.15) is 42.3 Å². The summed E-state index contributed by atoms with van der Waals surface area (Å²) in [5, 5.41) is 53.1. The number of carboxylic acid groups (broad SMARTS) is 4. The number of nitrogens with two attached hydrogens (primary N) is 4. The van der Waals surface area contributed by atoms with Crippen molar-refractivity contribution in [1.29, 1.82) is 0 Å². The van der Waals surface area contributed by atoms with Gasteiger partial charge in [-0.05, 0) is 37.2 Å². The van der Waals surface area contributed by atoms with E-state index in [0.29, 0.717) is 5.56 Å². The molecule has 8 atom stereocenters. The lowest BCUT2D eigenvalue weighted by Crippen LogP contribution is -2.60. The SMILES string of the molecule is CC(C)[C@H](NC(=O)[C@@H](N)CC(=O)O)C(=O)N[C@@H](CCCN=C(N)N)C(=O)N[C@@H](CC(N)=O)C(=O)NCC(=O)N[C@@H](CC(=O)O)C(=O)N[C@@H](Cc1ccccc1)C(=O)N1CCC[C@H]1C(=O)N[C@@H](CC(=O)O)C(=O)O. The highest BCUT2D eigenvalue weighted by Gasteiger charge is 2.40. The summed E-state index contributed by atoms with van der Waals surface area (Å²) in [6, 6.07) is -4.74. The minimum Gasteiger partial charge on any atom is -0.481 e. The zero-order chi connectivity index (χ0) is 55.1. The van der Waals surface area contributed by atoms with Gasteiger partial charge in [-0.2, -0.15) is 0 Å². The van der Waals surface area contributed by atoms with Crippen LogP contribution in [0.25, 0.3) is 0 Å². The van der Waals surface area contributed by atoms with E-state index in [2.05, 4.69) is 42.2 Å². The molecule has 0 radical (unpaired) electrons. The lowest BCUT2D eigenvalue weighted by atomic mass is 10.0. The molecule has 0 unspecified atom stereocenters. The molecule has 0 bridgehead atoms. The average molecular weight is 1030 g/mol.